The number of aryl methyl sites for hydroxylation is 2. The second kappa shape index (κ2) is 7.05. The molecule has 1 aromatic rings. The summed E-state index contributed by atoms with van der Waals surface area (Å²) in [7, 11) is -0.957. The first-order chi connectivity index (χ1) is 8.87. The summed E-state index contributed by atoms with van der Waals surface area (Å²) in [5.41, 5.74) is 2.29. The van der Waals surface area contributed by atoms with E-state index in [0.29, 0.717) is 6.42 Å². The Balaban J connectivity index is 2.76. The minimum atomic E-state index is -2.88. The van der Waals surface area contributed by atoms with E-state index in [2.05, 4.69) is 24.3 Å². The van der Waals surface area contributed by atoms with Gasteiger partial charge in [0.25, 0.3) is 0 Å². The van der Waals surface area contributed by atoms with Crippen LogP contribution in [-0.4, -0.2) is 36.8 Å². The summed E-state index contributed by atoms with van der Waals surface area (Å²) in [5, 5.41) is 7.87. The molecule has 0 aliphatic rings. The highest BCUT2D eigenvalue weighted by Crippen LogP contribution is 2.22. The van der Waals surface area contributed by atoms with Gasteiger partial charge in [-0.2, -0.15) is 5.10 Å². The predicted octanol–water partition coefficient (Wildman–Crippen LogP) is 1.46. The number of aromatic nitrogens is 2. The maximum absolute atomic E-state index is 11.2. The molecular weight excluding hydrogens is 262 g/mol. The normalized spacial score (nSPS) is 13.7. The molecule has 0 aliphatic heterocycles. The number of hydrogen-bond donors (Lipinski definition) is 1. The number of nitrogens with zero attached hydrogens (tertiary/aromatic N) is 2. The second-order valence-electron chi connectivity index (χ2n) is 4.94. The Morgan fingerprint density at radius 3 is 2.63 bits per heavy atom. The molecule has 1 atom stereocenters. The van der Waals surface area contributed by atoms with Gasteiger partial charge in [-0.25, -0.2) is 8.42 Å². The van der Waals surface area contributed by atoms with Gasteiger partial charge in [-0.3, -0.25) is 4.68 Å². The molecule has 0 bridgehead atoms. The Morgan fingerprint density at radius 1 is 1.42 bits per heavy atom. The van der Waals surface area contributed by atoms with Gasteiger partial charge in [0.1, 0.15) is 9.84 Å². The van der Waals surface area contributed by atoms with Crippen LogP contribution in [0.2, 0.25) is 0 Å². The fourth-order valence-corrected chi connectivity index (χ4v) is 2.97. The summed E-state index contributed by atoms with van der Waals surface area (Å²) in [6.07, 6.45) is 5.71. The lowest BCUT2D eigenvalue weighted by molar-refractivity contribution is 0.504. The highest BCUT2D eigenvalue weighted by atomic mass is 32.2. The van der Waals surface area contributed by atoms with Gasteiger partial charge in [-0.15, -0.1) is 0 Å². The second-order valence-corrected chi connectivity index (χ2v) is 7.20. The van der Waals surface area contributed by atoms with Crippen LogP contribution in [0.1, 0.15) is 44.0 Å². The Labute approximate surface area is 116 Å². The molecule has 1 heterocycles. The minimum Gasteiger partial charge on any atom is -0.310 e. The van der Waals surface area contributed by atoms with Gasteiger partial charge < -0.3 is 5.32 Å². The average molecular weight is 287 g/mol. The lowest BCUT2D eigenvalue weighted by Crippen LogP contribution is -2.22. The molecular formula is C13H25N3O2S. The zero-order valence-corrected chi connectivity index (χ0v) is 13.1. The van der Waals surface area contributed by atoms with Crippen molar-refractivity contribution in [2.75, 3.05) is 18.6 Å². The zero-order valence-electron chi connectivity index (χ0n) is 12.3. The van der Waals surface area contributed by atoms with Crippen LogP contribution in [0.25, 0.3) is 0 Å². The minimum absolute atomic E-state index is 0.190. The van der Waals surface area contributed by atoms with Crippen molar-refractivity contribution in [3.8, 4) is 0 Å². The largest absolute Gasteiger partial charge is 0.310 e. The predicted molar refractivity (Wildman–Crippen MR) is 77.9 cm³/mol. The van der Waals surface area contributed by atoms with E-state index < -0.39 is 9.84 Å². The van der Waals surface area contributed by atoms with Crippen LogP contribution in [0, 0.1) is 0 Å². The molecule has 1 rings (SSSR count). The van der Waals surface area contributed by atoms with Gasteiger partial charge in [-0.05, 0) is 25.8 Å². The van der Waals surface area contributed by atoms with Gasteiger partial charge in [0.2, 0.25) is 0 Å². The summed E-state index contributed by atoms with van der Waals surface area (Å²) in [6.45, 7) is 5.01. The van der Waals surface area contributed by atoms with Crippen LogP contribution in [0.4, 0.5) is 0 Å². The van der Waals surface area contributed by atoms with Crippen molar-refractivity contribution >= 4 is 9.84 Å². The Bertz CT molecular complexity index is 494. The SMILES string of the molecule is CCNC(CCCS(C)(=O)=O)c1cn(C)nc1CC. The summed E-state index contributed by atoms with van der Waals surface area (Å²) in [6, 6.07) is 0.190. The third-order valence-electron chi connectivity index (χ3n) is 3.11. The highest BCUT2D eigenvalue weighted by Gasteiger charge is 2.17. The van der Waals surface area contributed by atoms with Crippen molar-refractivity contribution in [2.24, 2.45) is 7.05 Å². The number of rotatable bonds is 8. The Morgan fingerprint density at radius 2 is 2.11 bits per heavy atom. The van der Waals surface area contributed by atoms with Crippen molar-refractivity contribution in [3.63, 3.8) is 0 Å². The summed E-state index contributed by atoms with van der Waals surface area (Å²) >= 11 is 0. The molecule has 0 fully saturated rings. The molecule has 5 nitrogen and oxygen atoms in total. The summed E-state index contributed by atoms with van der Waals surface area (Å²) in [4.78, 5) is 0. The number of hydrogen-bond acceptors (Lipinski definition) is 4. The first kappa shape index (κ1) is 16.2. The van der Waals surface area contributed by atoms with Crippen molar-refractivity contribution in [3.05, 3.63) is 17.5 Å². The fraction of sp³-hybridized carbons (Fsp3) is 0.769. The highest BCUT2D eigenvalue weighted by molar-refractivity contribution is 7.90. The summed E-state index contributed by atoms with van der Waals surface area (Å²) in [5.74, 6) is 0.247. The van der Waals surface area contributed by atoms with E-state index in [4.69, 9.17) is 0 Å². The van der Waals surface area contributed by atoms with E-state index in [1.54, 1.807) is 0 Å². The fourth-order valence-electron chi connectivity index (χ4n) is 2.28. The zero-order chi connectivity index (χ0) is 14.5. The van der Waals surface area contributed by atoms with Crippen molar-refractivity contribution in [2.45, 2.75) is 39.2 Å². The first-order valence-corrected chi connectivity index (χ1v) is 8.87. The maximum Gasteiger partial charge on any atom is 0.147 e. The molecule has 0 amide bonds. The standard InChI is InChI=1S/C13H25N3O2S/c1-5-12-11(10-16(3)15-12)13(14-6-2)8-7-9-19(4,17)18/h10,13-14H,5-9H2,1-4H3. The lowest BCUT2D eigenvalue weighted by atomic mass is 10.0. The monoisotopic (exact) mass is 287 g/mol. The van der Waals surface area contributed by atoms with E-state index in [1.807, 2.05) is 17.9 Å². The quantitative estimate of drug-likeness (QED) is 0.786. The third kappa shape index (κ3) is 5.32. The molecule has 19 heavy (non-hydrogen) atoms. The van der Waals surface area contributed by atoms with Crippen LogP contribution in [0.15, 0.2) is 6.20 Å². The number of sulfone groups is 1. The number of nitrogens with one attached hydrogen (secondary N) is 1. The van der Waals surface area contributed by atoms with Crippen LogP contribution < -0.4 is 5.32 Å². The van der Waals surface area contributed by atoms with E-state index in [-0.39, 0.29) is 11.8 Å². The van der Waals surface area contributed by atoms with Crippen LogP contribution >= 0.6 is 0 Å². The van der Waals surface area contributed by atoms with Crippen LogP contribution in [0.3, 0.4) is 0 Å². The Hall–Kier alpha value is -0.880. The molecule has 1 unspecified atom stereocenters. The van der Waals surface area contributed by atoms with Gasteiger partial charge in [-0.1, -0.05) is 13.8 Å². The van der Waals surface area contributed by atoms with Crippen molar-refractivity contribution in [1.29, 1.82) is 0 Å². The molecule has 1 N–H and O–H groups in total. The molecule has 0 spiro atoms. The molecule has 0 aliphatic carbocycles. The first-order valence-electron chi connectivity index (χ1n) is 6.80. The van der Waals surface area contributed by atoms with E-state index in [0.717, 1.165) is 25.1 Å². The molecule has 0 aromatic carbocycles. The molecule has 1 aromatic heterocycles. The van der Waals surface area contributed by atoms with Gasteiger partial charge >= 0.3 is 0 Å². The molecule has 0 saturated carbocycles. The van der Waals surface area contributed by atoms with E-state index in [1.165, 1.54) is 11.8 Å². The van der Waals surface area contributed by atoms with Gasteiger partial charge in [0.05, 0.1) is 5.69 Å². The molecule has 6 heteroatoms. The molecule has 0 saturated heterocycles. The molecule has 110 valence electrons. The average Bonchev–Trinajstić information content (AvgIpc) is 2.67. The van der Waals surface area contributed by atoms with Gasteiger partial charge in [0, 0.05) is 36.9 Å². The molecule has 0 radical (unpaired) electrons. The van der Waals surface area contributed by atoms with E-state index in [9.17, 15) is 8.42 Å². The van der Waals surface area contributed by atoms with Gasteiger partial charge in [0.15, 0.2) is 0 Å². The Kier molecular flexibility index (Phi) is 6.00. The topological polar surface area (TPSA) is 64.0 Å². The van der Waals surface area contributed by atoms with Crippen molar-refractivity contribution < 1.29 is 8.42 Å². The third-order valence-corrected chi connectivity index (χ3v) is 4.14. The smallest absolute Gasteiger partial charge is 0.147 e. The van der Waals surface area contributed by atoms with E-state index >= 15 is 0 Å². The van der Waals surface area contributed by atoms with Crippen molar-refractivity contribution in [1.82, 2.24) is 15.1 Å². The summed E-state index contributed by atoms with van der Waals surface area (Å²) < 4.78 is 24.2. The van der Waals surface area contributed by atoms with Crippen LogP contribution in [0.5, 0.6) is 0 Å². The lowest BCUT2D eigenvalue weighted by Gasteiger charge is -2.17. The van der Waals surface area contributed by atoms with Crippen LogP contribution in [-0.2, 0) is 23.3 Å². The maximum atomic E-state index is 11.2.